The summed E-state index contributed by atoms with van der Waals surface area (Å²) in [4.78, 5) is 42.5. The van der Waals surface area contributed by atoms with Gasteiger partial charge in [-0.2, -0.15) is 0 Å². The average molecular weight is 380 g/mol. The van der Waals surface area contributed by atoms with Gasteiger partial charge >= 0.3 is 12.0 Å². The molecule has 0 bridgehead atoms. The first kappa shape index (κ1) is 18.6. The van der Waals surface area contributed by atoms with E-state index < -0.39 is 5.54 Å². The Labute approximate surface area is 156 Å². The molecule has 3 rings (SSSR count). The van der Waals surface area contributed by atoms with Crippen molar-refractivity contribution < 1.29 is 19.1 Å². The van der Waals surface area contributed by atoms with Crippen LogP contribution in [-0.2, 0) is 20.7 Å². The fourth-order valence-electron chi connectivity index (χ4n) is 3.46. The summed E-state index contributed by atoms with van der Waals surface area (Å²) < 4.78 is 4.94. The van der Waals surface area contributed by atoms with Gasteiger partial charge in [0.05, 0.1) is 19.2 Å². The van der Waals surface area contributed by atoms with E-state index in [1.165, 1.54) is 18.4 Å². The summed E-state index contributed by atoms with van der Waals surface area (Å²) in [5, 5.41) is 7.97. The van der Waals surface area contributed by atoms with Crippen LogP contribution in [-0.4, -0.2) is 48.6 Å². The van der Waals surface area contributed by atoms with E-state index in [1.807, 2.05) is 0 Å². The number of urea groups is 1. The van der Waals surface area contributed by atoms with E-state index in [9.17, 15) is 14.4 Å². The number of carbonyl (C=O) groups is 3. The van der Waals surface area contributed by atoms with Gasteiger partial charge in [-0.3, -0.25) is 9.69 Å². The monoisotopic (exact) mass is 380 g/mol. The maximum atomic E-state index is 12.5. The summed E-state index contributed by atoms with van der Waals surface area (Å²) in [5.41, 5.74) is -0.349. The predicted octanol–water partition coefficient (Wildman–Crippen LogP) is 1.45. The summed E-state index contributed by atoms with van der Waals surface area (Å²) in [6, 6.07) is -0.170. The maximum Gasteiger partial charge on any atom is 0.331 e. The van der Waals surface area contributed by atoms with Gasteiger partial charge in [-0.05, 0) is 31.6 Å². The number of nitrogens with zero attached hydrogens (tertiary/aromatic N) is 2. The van der Waals surface area contributed by atoms with Gasteiger partial charge in [-0.15, -0.1) is 11.3 Å². The molecule has 1 aliphatic heterocycles. The number of amides is 3. The Kier molecular flexibility index (Phi) is 5.45. The summed E-state index contributed by atoms with van der Waals surface area (Å²) >= 11 is 1.33. The normalized spacial score (nSPS) is 25.7. The van der Waals surface area contributed by atoms with E-state index in [-0.39, 0.29) is 24.3 Å². The van der Waals surface area contributed by atoms with E-state index in [2.05, 4.69) is 22.5 Å². The minimum Gasteiger partial charge on any atom is -0.467 e. The fourth-order valence-corrected chi connectivity index (χ4v) is 4.31. The molecule has 142 valence electrons. The summed E-state index contributed by atoms with van der Waals surface area (Å²) in [7, 11) is 1.35. The number of hydrogen-bond acceptors (Lipinski definition) is 6. The molecule has 1 aliphatic carbocycles. The number of methoxy groups -OCH3 is 1. The second-order valence-corrected chi connectivity index (χ2v) is 7.82. The molecule has 0 aromatic carbocycles. The highest BCUT2D eigenvalue weighted by Gasteiger charge is 2.43. The fraction of sp³-hybridized carbons (Fsp3) is 0.647. The molecule has 2 N–H and O–H groups in total. The van der Waals surface area contributed by atoms with Gasteiger partial charge in [0.25, 0.3) is 0 Å². The standard InChI is InChI=1S/C17H24N4O4S/c1-11-3-5-17(6-4-11,14(23)25-2)20-13(22)9-12-10-26-16(19-12)21-8-7-18-15(21)24/h10-11H,3-9H2,1-2H3,(H,18,24)(H,20,22). The Morgan fingerprint density at radius 2 is 2.19 bits per heavy atom. The Morgan fingerprint density at radius 3 is 2.81 bits per heavy atom. The van der Waals surface area contributed by atoms with Crippen molar-refractivity contribution in [3.8, 4) is 0 Å². The molecule has 0 unspecified atom stereocenters. The van der Waals surface area contributed by atoms with Crippen LogP contribution in [0.4, 0.5) is 9.93 Å². The molecule has 26 heavy (non-hydrogen) atoms. The molecule has 2 fully saturated rings. The van der Waals surface area contributed by atoms with Crippen LogP contribution in [0.1, 0.15) is 38.3 Å². The van der Waals surface area contributed by atoms with Crippen LogP contribution in [0, 0.1) is 5.92 Å². The molecule has 2 heterocycles. The molecule has 3 amide bonds. The number of ether oxygens (including phenoxy) is 1. The van der Waals surface area contributed by atoms with Crippen molar-refractivity contribution in [3.05, 3.63) is 11.1 Å². The zero-order chi connectivity index (χ0) is 18.7. The van der Waals surface area contributed by atoms with Crippen molar-refractivity contribution in [3.63, 3.8) is 0 Å². The van der Waals surface area contributed by atoms with Crippen molar-refractivity contribution in [2.75, 3.05) is 25.1 Å². The van der Waals surface area contributed by atoms with Crippen LogP contribution in [0.15, 0.2) is 5.38 Å². The molecule has 0 atom stereocenters. The first-order valence-corrected chi connectivity index (χ1v) is 9.71. The van der Waals surface area contributed by atoms with E-state index in [0.29, 0.717) is 42.7 Å². The highest BCUT2D eigenvalue weighted by Crippen LogP contribution is 2.33. The van der Waals surface area contributed by atoms with Gasteiger partial charge in [-0.1, -0.05) is 6.92 Å². The first-order valence-electron chi connectivity index (χ1n) is 8.83. The lowest BCUT2D eigenvalue weighted by atomic mass is 9.77. The minimum absolute atomic E-state index is 0.0697. The molecule has 2 aliphatic rings. The van der Waals surface area contributed by atoms with Crippen LogP contribution in [0.5, 0.6) is 0 Å². The van der Waals surface area contributed by atoms with Crippen LogP contribution in [0.25, 0.3) is 0 Å². The summed E-state index contributed by atoms with van der Waals surface area (Å²) in [6.07, 6.45) is 2.99. The van der Waals surface area contributed by atoms with E-state index >= 15 is 0 Å². The number of carbonyl (C=O) groups excluding carboxylic acids is 3. The number of hydrogen-bond donors (Lipinski definition) is 2. The lowest BCUT2D eigenvalue weighted by molar-refractivity contribution is -0.153. The molecule has 1 aromatic rings. The Bertz CT molecular complexity index is 697. The summed E-state index contributed by atoms with van der Waals surface area (Å²) in [6.45, 7) is 3.31. The third-order valence-electron chi connectivity index (χ3n) is 5.05. The summed E-state index contributed by atoms with van der Waals surface area (Å²) in [5.74, 6) is -0.101. The number of nitrogens with one attached hydrogen (secondary N) is 2. The first-order chi connectivity index (χ1) is 12.4. The van der Waals surface area contributed by atoms with Gasteiger partial charge < -0.3 is 15.4 Å². The van der Waals surface area contributed by atoms with Gasteiger partial charge in [-0.25, -0.2) is 14.6 Å². The van der Waals surface area contributed by atoms with Crippen molar-refractivity contribution in [1.29, 1.82) is 0 Å². The van der Waals surface area contributed by atoms with Gasteiger partial charge in [0.2, 0.25) is 5.91 Å². The molecule has 1 saturated heterocycles. The van der Waals surface area contributed by atoms with Crippen LogP contribution in [0.2, 0.25) is 0 Å². The van der Waals surface area contributed by atoms with Gasteiger partial charge in [0.15, 0.2) is 5.13 Å². The SMILES string of the molecule is COC(=O)C1(NC(=O)Cc2csc(N3CCNC3=O)n2)CCC(C)CC1. The number of thiazole rings is 1. The lowest BCUT2D eigenvalue weighted by Crippen LogP contribution is -2.57. The predicted molar refractivity (Wildman–Crippen MR) is 97.1 cm³/mol. The number of esters is 1. The zero-order valence-corrected chi connectivity index (χ0v) is 15.9. The number of anilines is 1. The van der Waals surface area contributed by atoms with Gasteiger partial charge in [0, 0.05) is 18.5 Å². The Morgan fingerprint density at radius 1 is 1.46 bits per heavy atom. The molecular weight excluding hydrogens is 356 g/mol. The highest BCUT2D eigenvalue weighted by atomic mass is 32.1. The third kappa shape index (κ3) is 3.82. The molecule has 1 aromatic heterocycles. The van der Waals surface area contributed by atoms with Crippen molar-refractivity contribution >= 4 is 34.4 Å². The second-order valence-electron chi connectivity index (χ2n) is 6.99. The molecule has 9 heteroatoms. The largest absolute Gasteiger partial charge is 0.467 e. The minimum atomic E-state index is -0.938. The lowest BCUT2D eigenvalue weighted by Gasteiger charge is -2.37. The number of rotatable bonds is 5. The molecule has 0 spiro atoms. The van der Waals surface area contributed by atoms with Crippen molar-refractivity contribution in [2.45, 2.75) is 44.6 Å². The topological polar surface area (TPSA) is 101 Å². The second kappa shape index (κ2) is 7.61. The average Bonchev–Trinajstić information content (AvgIpc) is 3.25. The van der Waals surface area contributed by atoms with Crippen molar-refractivity contribution in [2.24, 2.45) is 5.92 Å². The van der Waals surface area contributed by atoms with Crippen LogP contribution >= 0.6 is 11.3 Å². The number of aromatic nitrogens is 1. The quantitative estimate of drug-likeness (QED) is 0.753. The van der Waals surface area contributed by atoms with Crippen LogP contribution < -0.4 is 15.5 Å². The van der Waals surface area contributed by atoms with E-state index in [4.69, 9.17) is 4.74 Å². The third-order valence-corrected chi connectivity index (χ3v) is 5.96. The smallest absolute Gasteiger partial charge is 0.331 e. The maximum absolute atomic E-state index is 12.5. The molecule has 1 saturated carbocycles. The molecule has 8 nitrogen and oxygen atoms in total. The highest BCUT2D eigenvalue weighted by molar-refractivity contribution is 7.14. The molecule has 0 radical (unpaired) electrons. The zero-order valence-electron chi connectivity index (χ0n) is 15.0. The van der Waals surface area contributed by atoms with E-state index in [0.717, 1.165) is 12.8 Å². The Hall–Kier alpha value is -2.16. The van der Waals surface area contributed by atoms with Gasteiger partial charge in [0.1, 0.15) is 5.54 Å². The Balaban J connectivity index is 1.64. The molecular formula is C17H24N4O4S. The van der Waals surface area contributed by atoms with Crippen molar-refractivity contribution in [1.82, 2.24) is 15.6 Å². The van der Waals surface area contributed by atoms with E-state index in [1.54, 1.807) is 10.3 Å². The van der Waals surface area contributed by atoms with Crippen LogP contribution in [0.3, 0.4) is 0 Å².